The quantitative estimate of drug-likeness (QED) is 0.747. The second-order valence-electron chi connectivity index (χ2n) is 7.89. The fourth-order valence-corrected chi connectivity index (χ4v) is 6.56. The zero-order valence-electron chi connectivity index (χ0n) is 15.8. The maximum Gasteiger partial charge on any atom is 0.246 e. The number of halogens is 1. The van der Waals surface area contributed by atoms with Gasteiger partial charge >= 0.3 is 0 Å². The first-order valence-electron chi connectivity index (χ1n) is 9.39. The summed E-state index contributed by atoms with van der Waals surface area (Å²) in [6, 6.07) is 0. The summed E-state index contributed by atoms with van der Waals surface area (Å²) in [6.07, 6.45) is 1.48. The van der Waals surface area contributed by atoms with Crippen molar-refractivity contribution in [1.29, 1.82) is 0 Å². The number of fused-ring (bicyclic) bond motifs is 1. The van der Waals surface area contributed by atoms with Crippen LogP contribution in [0.4, 0.5) is 0 Å². The molecule has 27 heavy (non-hydrogen) atoms. The van der Waals surface area contributed by atoms with Crippen LogP contribution in [0.1, 0.15) is 24.2 Å². The van der Waals surface area contributed by atoms with E-state index in [2.05, 4.69) is 15.5 Å². The highest BCUT2D eigenvalue weighted by molar-refractivity contribution is 7.89. The predicted octanol–water partition coefficient (Wildman–Crippen LogP) is 0.527. The van der Waals surface area contributed by atoms with Gasteiger partial charge in [0.25, 0.3) is 0 Å². The number of aromatic amines is 1. The third kappa shape index (κ3) is 3.62. The Hall–Kier alpha value is -1.16. The molecule has 3 atom stereocenters. The van der Waals surface area contributed by atoms with Crippen LogP contribution in [0.5, 0.6) is 0 Å². The molecule has 152 valence electrons. The number of H-pyrrole nitrogens is 1. The van der Waals surface area contributed by atoms with E-state index in [4.69, 9.17) is 0 Å². The fourth-order valence-electron chi connectivity index (χ4n) is 4.71. The Labute approximate surface area is 166 Å². The summed E-state index contributed by atoms with van der Waals surface area (Å²) < 4.78 is 27.6. The molecule has 0 radical (unpaired) electrons. The number of likely N-dealkylation sites (tertiary alicyclic amines) is 1. The van der Waals surface area contributed by atoms with Gasteiger partial charge in [-0.05, 0) is 38.5 Å². The number of hydrogen-bond acceptors (Lipinski definition) is 5. The third-order valence-corrected chi connectivity index (χ3v) is 8.22. The first-order valence-corrected chi connectivity index (χ1v) is 10.8. The number of carbonyl (C=O) groups excluding carboxylic acids is 1. The van der Waals surface area contributed by atoms with E-state index in [-0.39, 0.29) is 35.7 Å². The number of aryl methyl sites for hydroxylation is 2. The van der Waals surface area contributed by atoms with Gasteiger partial charge in [-0.15, -0.1) is 12.4 Å². The second kappa shape index (κ2) is 7.69. The van der Waals surface area contributed by atoms with Crippen LogP contribution in [0.15, 0.2) is 4.90 Å². The van der Waals surface area contributed by atoms with Gasteiger partial charge in [-0.25, -0.2) is 8.42 Å². The molecule has 4 heterocycles. The molecule has 2 N–H and O–H groups in total. The summed E-state index contributed by atoms with van der Waals surface area (Å²) in [4.78, 5) is 15.2. The molecule has 1 unspecified atom stereocenters. The van der Waals surface area contributed by atoms with E-state index in [1.165, 1.54) is 4.31 Å². The zero-order valence-corrected chi connectivity index (χ0v) is 17.4. The lowest BCUT2D eigenvalue weighted by Gasteiger charge is -2.33. The maximum atomic E-state index is 13.1. The van der Waals surface area contributed by atoms with Crippen molar-refractivity contribution in [2.24, 2.45) is 17.8 Å². The Kier molecular flexibility index (Phi) is 5.86. The molecular formula is C17H28ClN5O3S. The van der Waals surface area contributed by atoms with Gasteiger partial charge in [0.05, 0.1) is 17.3 Å². The molecule has 0 bridgehead atoms. The van der Waals surface area contributed by atoms with Crippen molar-refractivity contribution in [3.8, 4) is 0 Å². The second-order valence-corrected chi connectivity index (χ2v) is 9.76. The van der Waals surface area contributed by atoms with Gasteiger partial charge in [0.15, 0.2) is 0 Å². The van der Waals surface area contributed by atoms with Crippen LogP contribution in [0.25, 0.3) is 0 Å². The van der Waals surface area contributed by atoms with Crippen molar-refractivity contribution in [2.75, 3.05) is 39.3 Å². The van der Waals surface area contributed by atoms with E-state index in [0.717, 1.165) is 32.6 Å². The van der Waals surface area contributed by atoms with Crippen LogP contribution in [-0.4, -0.2) is 73.0 Å². The van der Waals surface area contributed by atoms with E-state index < -0.39 is 10.0 Å². The van der Waals surface area contributed by atoms with Crippen LogP contribution in [0.3, 0.4) is 0 Å². The molecule has 0 aliphatic carbocycles. The standard InChI is InChI=1S/C17H27N5O3S.ClH/c1-11-16(12(2)20-19-11)26(24,25)22-5-3-4-13(10-22)17(23)21-8-14-6-18-7-15(14)9-21;/h13-15,18H,3-10H2,1-2H3,(H,19,20);1H/t13?,14-,15+;. The molecule has 0 spiro atoms. The molecule has 3 saturated heterocycles. The van der Waals surface area contributed by atoms with Gasteiger partial charge in [0, 0.05) is 39.3 Å². The van der Waals surface area contributed by atoms with Crippen LogP contribution in [-0.2, 0) is 14.8 Å². The lowest BCUT2D eigenvalue weighted by molar-refractivity contribution is -0.135. The Bertz CT molecular complexity index is 780. The van der Waals surface area contributed by atoms with Crippen LogP contribution < -0.4 is 5.32 Å². The van der Waals surface area contributed by atoms with E-state index in [1.807, 2.05) is 4.90 Å². The van der Waals surface area contributed by atoms with Crippen molar-refractivity contribution in [1.82, 2.24) is 24.7 Å². The normalized spacial score (nSPS) is 28.8. The van der Waals surface area contributed by atoms with Crippen LogP contribution in [0, 0.1) is 31.6 Å². The van der Waals surface area contributed by atoms with Gasteiger partial charge in [0.2, 0.25) is 15.9 Å². The van der Waals surface area contributed by atoms with E-state index in [9.17, 15) is 13.2 Å². The SMILES string of the molecule is Cc1n[nH]c(C)c1S(=O)(=O)N1CCCC(C(=O)N2C[C@H]3CNC[C@H]3C2)C1.Cl. The van der Waals surface area contributed by atoms with Gasteiger partial charge < -0.3 is 10.2 Å². The highest BCUT2D eigenvalue weighted by Crippen LogP contribution is 2.31. The van der Waals surface area contributed by atoms with Gasteiger partial charge in [0.1, 0.15) is 4.90 Å². The molecule has 1 aromatic heterocycles. The van der Waals surface area contributed by atoms with Gasteiger partial charge in [-0.1, -0.05) is 0 Å². The monoisotopic (exact) mass is 417 g/mol. The number of nitrogens with one attached hydrogen (secondary N) is 2. The lowest BCUT2D eigenvalue weighted by Crippen LogP contribution is -2.46. The summed E-state index contributed by atoms with van der Waals surface area (Å²) >= 11 is 0. The first-order chi connectivity index (χ1) is 12.4. The van der Waals surface area contributed by atoms with E-state index in [0.29, 0.717) is 36.2 Å². The summed E-state index contributed by atoms with van der Waals surface area (Å²) in [5, 5.41) is 10.1. The van der Waals surface area contributed by atoms with Gasteiger partial charge in [-0.3, -0.25) is 9.89 Å². The third-order valence-electron chi connectivity index (χ3n) is 6.09. The minimum atomic E-state index is -3.63. The Morgan fingerprint density at radius 1 is 1.15 bits per heavy atom. The number of hydrogen-bond donors (Lipinski definition) is 2. The van der Waals surface area contributed by atoms with E-state index in [1.54, 1.807) is 13.8 Å². The average Bonchev–Trinajstić information content (AvgIpc) is 3.29. The van der Waals surface area contributed by atoms with E-state index >= 15 is 0 Å². The van der Waals surface area contributed by atoms with Crippen LogP contribution >= 0.6 is 12.4 Å². The lowest BCUT2D eigenvalue weighted by atomic mass is 9.98. The molecule has 1 amide bonds. The highest BCUT2D eigenvalue weighted by Gasteiger charge is 2.42. The number of piperidine rings is 1. The minimum Gasteiger partial charge on any atom is -0.342 e. The first kappa shape index (κ1) is 20.6. The summed E-state index contributed by atoms with van der Waals surface area (Å²) in [7, 11) is -3.63. The van der Waals surface area contributed by atoms with Crippen molar-refractivity contribution in [2.45, 2.75) is 31.6 Å². The average molecular weight is 418 g/mol. The smallest absolute Gasteiger partial charge is 0.246 e. The number of nitrogens with zero attached hydrogens (tertiary/aromatic N) is 3. The number of sulfonamides is 1. The zero-order chi connectivity index (χ0) is 18.5. The van der Waals surface area contributed by atoms with Crippen molar-refractivity contribution >= 4 is 28.3 Å². The van der Waals surface area contributed by atoms with Crippen molar-refractivity contribution < 1.29 is 13.2 Å². The molecule has 4 rings (SSSR count). The molecule has 0 saturated carbocycles. The summed E-state index contributed by atoms with van der Waals surface area (Å²) in [5.41, 5.74) is 1.03. The number of amides is 1. The highest BCUT2D eigenvalue weighted by atomic mass is 35.5. The number of carbonyl (C=O) groups is 1. The molecule has 3 aliphatic heterocycles. The minimum absolute atomic E-state index is 0. The number of rotatable bonds is 3. The maximum absolute atomic E-state index is 13.1. The molecule has 0 aromatic carbocycles. The summed E-state index contributed by atoms with van der Waals surface area (Å²) in [6.45, 7) is 7.73. The topological polar surface area (TPSA) is 98.4 Å². The number of aromatic nitrogens is 2. The molecule has 8 nitrogen and oxygen atoms in total. The van der Waals surface area contributed by atoms with Crippen LogP contribution in [0.2, 0.25) is 0 Å². The van der Waals surface area contributed by atoms with Gasteiger partial charge in [-0.2, -0.15) is 9.40 Å². The largest absolute Gasteiger partial charge is 0.342 e. The predicted molar refractivity (Wildman–Crippen MR) is 103 cm³/mol. The molecule has 1 aromatic rings. The Morgan fingerprint density at radius 2 is 1.81 bits per heavy atom. The Morgan fingerprint density at radius 3 is 2.41 bits per heavy atom. The Balaban J connectivity index is 0.00000210. The van der Waals surface area contributed by atoms with Crippen molar-refractivity contribution in [3.05, 3.63) is 11.4 Å². The molecule has 3 fully saturated rings. The molecular weight excluding hydrogens is 390 g/mol. The molecule has 3 aliphatic rings. The van der Waals surface area contributed by atoms with Crippen molar-refractivity contribution in [3.63, 3.8) is 0 Å². The molecule has 10 heteroatoms. The fraction of sp³-hybridized carbons (Fsp3) is 0.765. The summed E-state index contributed by atoms with van der Waals surface area (Å²) in [5.74, 6) is 0.995.